The quantitative estimate of drug-likeness (QED) is 0.254. The Balaban J connectivity index is 1.61. The Morgan fingerprint density at radius 2 is 1.59 bits per heavy atom. The summed E-state index contributed by atoms with van der Waals surface area (Å²) in [5, 5.41) is 0.368. The van der Waals surface area contributed by atoms with Crippen LogP contribution < -0.4 is 10.2 Å². The maximum atomic E-state index is 12.8. The first kappa shape index (κ1) is 22.8. The molecule has 0 fully saturated rings. The van der Waals surface area contributed by atoms with Crippen LogP contribution in [-0.4, -0.2) is 24.7 Å². The number of ether oxygens (including phenoxy) is 3. The van der Waals surface area contributed by atoms with Gasteiger partial charge < -0.3 is 19.2 Å². The number of H-pyrrole nitrogens is 1. The largest absolute Gasteiger partial charge is 0.487 e. The van der Waals surface area contributed by atoms with E-state index < -0.39 is 5.97 Å². The molecule has 0 bridgehead atoms. The minimum absolute atomic E-state index is 0.0534. The summed E-state index contributed by atoms with van der Waals surface area (Å²) < 4.78 is 16.4. The first-order chi connectivity index (χ1) is 16.6. The number of fused-ring (bicyclic) bond motifs is 1. The summed E-state index contributed by atoms with van der Waals surface area (Å²) in [4.78, 5) is 27.8. The van der Waals surface area contributed by atoms with Crippen LogP contribution >= 0.6 is 0 Å². The third-order valence-electron chi connectivity index (χ3n) is 5.06. The number of benzene rings is 3. The summed E-state index contributed by atoms with van der Waals surface area (Å²) in [5.74, 6) is 5.80. The molecular weight excluding hydrogens is 430 g/mol. The third-order valence-corrected chi connectivity index (χ3v) is 5.06. The van der Waals surface area contributed by atoms with Crippen molar-refractivity contribution in [1.82, 2.24) is 4.98 Å². The third kappa shape index (κ3) is 5.71. The van der Waals surface area contributed by atoms with Gasteiger partial charge in [0, 0.05) is 11.6 Å². The van der Waals surface area contributed by atoms with E-state index in [2.05, 4.69) is 16.8 Å². The van der Waals surface area contributed by atoms with Crippen LogP contribution in [0.15, 0.2) is 83.7 Å². The number of hydrogen-bond donors (Lipinski definition) is 1. The molecule has 4 aromatic rings. The van der Waals surface area contributed by atoms with Gasteiger partial charge in [-0.3, -0.25) is 4.79 Å². The first-order valence-corrected chi connectivity index (χ1v) is 10.7. The lowest BCUT2D eigenvalue weighted by atomic mass is 10.1. The van der Waals surface area contributed by atoms with Crippen molar-refractivity contribution in [2.75, 3.05) is 13.7 Å². The molecule has 0 amide bonds. The number of aromatic nitrogens is 1. The molecule has 0 aliphatic heterocycles. The van der Waals surface area contributed by atoms with Gasteiger partial charge in [0.1, 0.15) is 24.7 Å². The molecule has 0 aliphatic rings. The van der Waals surface area contributed by atoms with Crippen LogP contribution in [0.4, 0.5) is 0 Å². The Morgan fingerprint density at radius 1 is 0.912 bits per heavy atom. The zero-order valence-corrected chi connectivity index (χ0v) is 18.7. The van der Waals surface area contributed by atoms with Gasteiger partial charge in [0.15, 0.2) is 5.43 Å². The number of carbonyl (C=O) groups excluding carboxylic acids is 1. The van der Waals surface area contributed by atoms with E-state index in [4.69, 9.17) is 14.2 Å². The number of esters is 1. The van der Waals surface area contributed by atoms with Crippen molar-refractivity contribution in [2.24, 2.45) is 0 Å². The number of hydrogen-bond acceptors (Lipinski definition) is 5. The standard InChI is InChI=1S/C28H23NO5/c1-32-28(31)24-17-25(30)23-15-22(13-8-14-33-18-20-9-4-2-5-10-20)16-26(27(23)29-24)34-19-21-11-6-3-7-12-21/h2-7,9-12,15-17H,14,18-19H2,1H3,(H,29,30). The van der Waals surface area contributed by atoms with Crippen molar-refractivity contribution >= 4 is 16.9 Å². The number of aromatic amines is 1. The van der Waals surface area contributed by atoms with Gasteiger partial charge in [-0.25, -0.2) is 4.79 Å². The normalized spacial score (nSPS) is 10.4. The number of carbonyl (C=O) groups is 1. The molecule has 3 aromatic carbocycles. The van der Waals surface area contributed by atoms with E-state index in [-0.39, 0.29) is 24.3 Å². The van der Waals surface area contributed by atoms with Crippen LogP contribution in [0, 0.1) is 11.8 Å². The molecule has 1 aromatic heterocycles. The van der Waals surface area contributed by atoms with Crippen molar-refractivity contribution in [2.45, 2.75) is 13.2 Å². The van der Waals surface area contributed by atoms with Gasteiger partial charge in [0.25, 0.3) is 0 Å². The second kappa shape index (κ2) is 11.0. The summed E-state index contributed by atoms with van der Waals surface area (Å²) in [6, 6.07) is 24.1. The van der Waals surface area contributed by atoms with Gasteiger partial charge in [-0.1, -0.05) is 72.5 Å². The summed E-state index contributed by atoms with van der Waals surface area (Å²) in [5.41, 5.74) is 2.78. The maximum absolute atomic E-state index is 12.8. The topological polar surface area (TPSA) is 77.6 Å². The predicted molar refractivity (Wildman–Crippen MR) is 130 cm³/mol. The van der Waals surface area contributed by atoms with Crippen LogP contribution in [0.25, 0.3) is 10.9 Å². The molecule has 1 N–H and O–H groups in total. The Morgan fingerprint density at radius 3 is 2.26 bits per heavy atom. The predicted octanol–water partition coefficient (Wildman–Crippen LogP) is 4.46. The Bertz CT molecular complexity index is 1400. The van der Waals surface area contributed by atoms with E-state index in [9.17, 15) is 9.59 Å². The Hall–Kier alpha value is -4.34. The fourth-order valence-electron chi connectivity index (χ4n) is 3.39. The van der Waals surface area contributed by atoms with Crippen LogP contribution in [0.1, 0.15) is 27.2 Å². The molecule has 34 heavy (non-hydrogen) atoms. The molecule has 6 nitrogen and oxygen atoms in total. The average Bonchev–Trinajstić information content (AvgIpc) is 2.88. The van der Waals surface area contributed by atoms with Crippen LogP contribution in [-0.2, 0) is 22.7 Å². The highest BCUT2D eigenvalue weighted by molar-refractivity contribution is 5.93. The zero-order valence-electron chi connectivity index (χ0n) is 18.7. The van der Waals surface area contributed by atoms with E-state index in [1.165, 1.54) is 13.2 Å². The van der Waals surface area contributed by atoms with Crippen molar-refractivity contribution in [3.05, 3.63) is 111 Å². The lowest BCUT2D eigenvalue weighted by Gasteiger charge is -2.11. The smallest absolute Gasteiger partial charge is 0.354 e. The number of rotatable bonds is 7. The van der Waals surface area contributed by atoms with E-state index in [1.807, 2.05) is 60.7 Å². The molecule has 170 valence electrons. The molecule has 0 unspecified atom stereocenters. The van der Waals surface area contributed by atoms with Gasteiger partial charge in [-0.15, -0.1) is 0 Å². The van der Waals surface area contributed by atoms with Gasteiger partial charge in [0.2, 0.25) is 0 Å². The van der Waals surface area contributed by atoms with E-state index in [0.29, 0.717) is 28.8 Å². The average molecular weight is 453 g/mol. The van der Waals surface area contributed by atoms with E-state index in [0.717, 1.165) is 11.1 Å². The molecule has 0 atom stereocenters. The fourth-order valence-corrected chi connectivity index (χ4v) is 3.39. The number of pyridine rings is 1. The van der Waals surface area contributed by atoms with Gasteiger partial charge in [-0.2, -0.15) is 0 Å². The van der Waals surface area contributed by atoms with Gasteiger partial charge in [-0.05, 0) is 23.3 Å². The molecule has 1 heterocycles. The Labute approximate surface area is 197 Å². The number of methoxy groups -OCH3 is 1. The second-order valence-corrected chi connectivity index (χ2v) is 7.49. The monoisotopic (exact) mass is 453 g/mol. The molecular formula is C28H23NO5. The summed E-state index contributed by atoms with van der Waals surface area (Å²) in [7, 11) is 1.26. The lowest BCUT2D eigenvalue weighted by Crippen LogP contribution is -2.12. The summed E-state index contributed by atoms with van der Waals surface area (Å²) >= 11 is 0. The summed E-state index contributed by atoms with van der Waals surface area (Å²) in [6.07, 6.45) is 0. The molecule has 0 aliphatic carbocycles. The van der Waals surface area contributed by atoms with Gasteiger partial charge in [0.05, 0.1) is 24.6 Å². The van der Waals surface area contributed by atoms with Crippen LogP contribution in [0.5, 0.6) is 5.75 Å². The second-order valence-electron chi connectivity index (χ2n) is 7.49. The van der Waals surface area contributed by atoms with Crippen molar-refractivity contribution in [1.29, 1.82) is 0 Å². The molecule has 0 radical (unpaired) electrons. The van der Waals surface area contributed by atoms with Crippen molar-refractivity contribution in [3.8, 4) is 17.6 Å². The summed E-state index contributed by atoms with van der Waals surface area (Å²) in [6.45, 7) is 0.997. The first-order valence-electron chi connectivity index (χ1n) is 10.7. The number of nitrogens with one attached hydrogen (secondary N) is 1. The Kier molecular flexibility index (Phi) is 7.39. The highest BCUT2D eigenvalue weighted by Crippen LogP contribution is 2.25. The van der Waals surface area contributed by atoms with E-state index >= 15 is 0 Å². The van der Waals surface area contributed by atoms with Crippen molar-refractivity contribution < 1.29 is 19.0 Å². The fraction of sp³-hybridized carbons (Fsp3) is 0.143. The zero-order chi connectivity index (χ0) is 23.8. The van der Waals surface area contributed by atoms with Crippen molar-refractivity contribution in [3.63, 3.8) is 0 Å². The lowest BCUT2D eigenvalue weighted by molar-refractivity contribution is 0.0594. The highest BCUT2D eigenvalue weighted by Gasteiger charge is 2.14. The molecule has 6 heteroatoms. The van der Waals surface area contributed by atoms with Crippen LogP contribution in [0.2, 0.25) is 0 Å². The molecule has 0 spiro atoms. The minimum Gasteiger partial charge on any atom is -0.487 e. The van der Waals surface area contributed by atoms with E-state index in [1.54, 1.807) is 12.1 Å². The highest BCUT2D eigenvalue weighted by atomic mass is 16.5. The molecule has 0 saturated heterocycles. The minimum atomic E-state index is -0.632. The molecule has 4 rings (SSSR count). The maximum Gasteiger partial charge on any atom is 0.354 e. The molecule has 0 saturated carbocycles. The SMILES string of the molecule is COC(=O)c1cc(=O)c2cc(C#CCOCc3ccccc3)cc(OCc3ccccc3)c2[nH]1. The van der Waals surface area contributed by atoms with Gasteiger partial charge >= 0.3 is 5.97 Å². The van der Waals surface area contributed by atoms with Crippen LogP contribution in [0.3, 0.4) is 0 Å².